The van der Waals surface area contributed by atoms with Crippen molar-refractivity contribution in [2.24, 2.45) is 0 Å². The second-order valence-corrected chi connectivity index (χ2v) is 10.6. The first-order chi connectivity index (χ1) is 17.1. The molecule has 0 bridgehead atoms. The maximum absolute atomic E-state index is 12.8. The normalized spacial score (nSPS) is 22.4. The van der Waals surface area contributed by atoms with Crippen molar-refractivity contribution in [3.05, 3.63) is 67.5 Å². The van der Waals surface area contributed by atoms with Crippen molar-refractivity contribution in [1.82, 2.24) is 19.6 Å². The molecule has 2 unspecified atom stereocenters. The number of carbonyl (C=O) groups excluding carboxylic acids is 1. The Kier molecular flexibility index (Phi) is 7.95. The van der Waals surface area contributed by atoms with Crippen molar-refractivity contribution in [3.8, 4) is 0 Å². The molecule has 0 aliphatic carbocycles. The van der Waals surface area contributed by atoms with Crippen LogP contribution in [0.3, 0.4) is 0 Å². The van der Waals surface area contributed by atoms with E-state index < -0.39 is 56.0 Å². The monoisotopic (exact) mass is 586 g/mol. The Labute approximate surface area is 212 Å². The Bertz CT molecular complexity index is 1420. The largest absolute Gasteiger partial charge is 0.468 e. The fourth-order valence-electron chi connectivity index (χ4n) is 3.96. The minimum absolute atomic E-state index is 0.0269. The van der Waals surface area contributed by atoms with E-state index in [9.17, 15) is 28.9 Å². The molecule has 4 rings (SSSR count). The number of aromatic nitrogens is 3. The summed E-state index contributed by atoms with van der Waals surface area (Å²) in [6, 6.07) is 6.20. The van der Waals surface area contributed by atoms with Crippen LogP contribution in [0.4, 0.5) is 0 Å². The minimum atomic E-state index is -4.56. The number of aliphatic hydroxyl groups excluding tert-OH is 1. The van der Waals surface area contributed by atoms with Gasteiger partial charge in [0.15, 0.2) is 0 Å². The Balaban J connectivity index is 1.41. The molecular weight excluding hydrogens is 563 g/mol. The molecule has 0 saturated carbocycles. The van der Waals surface area contributed by atoms with Crippen LogP contribution in [0.2, 0.25) is 0 Å². The molecule has 1 aliphatic rings. The van der Waals surface area contributed by atoms with Crippen molar-refractivity contribution in [2.75, 3.05) is 13.7 Å². The summed E-state index contributed by atoms with van der Waals surface area (Å²) in [4.78, 5) is 51.5. The number of para-hydroxylation sites is 1. The molecule has 0 amide bonds. The van der Waals surface area contributed by atoms with Gasteiger partial charge in [0.2, 0.25) is 0 Å². The van der Waals surface area contributed by atoms with Crippen LogP contribution in [0.15, 0.2) is 50.7 Å². The summed E-state index contributed by atoms with van der Waals surface area (Å²) in [5, 5.41) is 13.5. The van der Waals surface area contributed by atoms with Crippen LogP contribution >= 0.6 is 23.7 Å². The molecule has 1 aromatic carbocycles. The number of aromatic amines is 2. The van der Waals surface area contributed by atoms with Crippen LogP contribution in [-0.4, -0.2) is 62.5 Å². The number of benzene rings is 1. The number of H-pyrrole nitrogens is 2. The fourth-order valence-corrected chi connectivity index (χ4v) is 5.30. The van der Waals surface area contributed by atoms with Crippen molar-refractivity contribution in [3.63, 3.8) is 0 Å². The highest BCUT2D eigenvalue weighted by atomic mass is 79.9. The first kappa shape index (κ1) is 26.5. The van der Waals surface area contributed by atoms with E-state index in [1.54, 1.807) is 6.20 Å². The SMILES string of the molecule is COC(=O)C(Cc1c[nH]c2ccccc12)NP(=O)(O)OC[C@@H]1O[C@H](n2cc(Br)c(=O)[nH]c2=O)C[C@H]1O. The van der Waals surface area contributed by atoms with E-state index in [1.807, 2.05) is 24.3 Å². The third kappa shape index (κ3) is 5.86. The summed E-state index contributed by atoms with van der Waals surface area (Å²) >= 11 is 3.02. The lowest BCUT2D eigenvalue weighted by Crippen LogP contribution is -2.38. The summed E-state index contributed by atoms with van der Waals surface area (Å²) in [6.07, 6.45) is -0.183. The number of hydrogen-bond acceptors (Lipinski definition) is 8. The van der Waals surface area contributed by atoms with Gasteiger partial charge in [-0.15, -0.1) is 0 Å². The van der Waals surface area contributed by atoms with Gasteiger partial charge in [0.25, 0.3) is 5.56 Å². The molecule has 36 heavy (non-hydrogen) atoms. The lowest BCUT2D eigenvalue weighted by molar-refractivity contribution is -0.142. The zero-order valence-corrected chi connectivity index (χ0v) is 21.4. The summed E-state index contributed by atoms with van der Waals surface area (Å²) in [7, 11) is -3.40. The zero-order chi connectivity index (χ0) is 26.0. The van der Waals surface area contributed by atoms with Crippen molar-refractivity contribution >= 4 is 40.5 Å². The third-order valence-electron chi connectivity index (χ3n) is 5.76. The first-order valence-corrected chi connectivity index (χ1v) is 13.2. The number of aliphatic hydroxyl groups is 1. The van der Waals surface area contributed by atoms with Crippen LogP contribution < -0.4 is 16.3 Å². The molecule has 1 fully saturated rings. The van der Waals surface area contributed by atoms with Gasteiger partial charge in [0.05, 0.1) is 24.3 Å². The predicted molar refractivity (Wildman–Crippen MR) is 130 cm³/mol. The van der Waals surface area contributed by atoms with E-state index >= 15 is 0 Å². The van der Waals surface area contributed by atoms with Crippen LogP contribution in [0, 0.1) is 0 Å². The van der Waals surface area contributed by atoms with Gasteiger partial charge in [0, 0.05) is 36.1 Å². The number of esters is 1. The quantitative estimate of drug-likeness (QED) is 0.178. The molecule has 2 aromatic heterocycles. The van der Waals surface area contributed by atoms with Crippen molar-refractivity contribution < 1.29 is 33.4 Å². The minimum Gasteiger partial charge on any atom is -0.468 e. The summed E-state index contributed by atoms with van der Waals surface area (Å²) < 4.78 is 29.5. The van der Waals surface area contributed by atoms with Gasteiger partial charge in [0.1, 0.15) is 18.4 Å². The molecule has 13 nitrogen and oxygen atoms in total. The topological polar surface area (TPSA) is 185 Å². The molecule has 3 aromatic rings. The van der Waals surface area contributed by atoms with Gasteiger partial charge in [-0.3, -0.25) is 23.7 Å². The number of ether oxygens (including phenoxy) is 2. The van der Waals surface area contributed by atoms with E-state index in [1.165, 1.54) is 6.20 Å². The van der Waals surface area contributed by atoms with E-state index in [2.05, 4.69) is 31.0 Å². The number of methoxy groups -OCH3 is 1. The molecule has 1 aliphatic heterocycles. The maximum Gasteiger partial charge on any atom is 0.403 e. The van der Waals surface area contributed by atoms with Gasteiger partial charge in [-0.05, 0) is 27.6 Å². The van der Waals surface area contributed by atoms with Gasteiger partial charge in [-0.1, -0.05) is 18.2 Å². The van der Waals surface area contributed by atoms with Gasteiger partial charge in [-0.25, -0.2) is 14.4 Å². The second kappa shape index (κ2) is 10.8. The molecule has 1 saturated heterocycles. The highest BCUT2D eigenvalue weighted by Crippen LogP contribution is 2.40. The highest BCUT2D eigenvalue weighted by Gasteiger charge is 2.38. The van der Waals surface area contributed by atoms with Gasteiger partial charge in [-0.2, -0.15) is 0 Å². The standard InChI is InChI=1S/C21H24BrN4O9P/c1-33-20(29)15(6-11-8-23-14-5-3-2-4-12(11)14)25-36(31,32)34-10-17-16(27)7-18(35-17)26-9-13(22)19(28)24-21(26)30/h2-5,8-9,15-18,23,27H,6-7,10H2,1H3,(H,24,28,30)(H2,25,31,32)/t15?,16-,17+,18+/m1/s1. The number of nitrogens with zero attached hydrogens (tertiary/aromatic N) is 1. The van der Waals surface area contributed by atoms with Crippen molar-refractivity contribution in [1.29, 1.82) is 0 Å². The molecular formula is C21H24BrN4O9P. The fraction of sp³-hybridized carbons (Fsp3) is 0.381. The molecule has 5 N–H and O–H groups in total. The molecule has 194 valence electrons. The molecule has 15 heteroatoms. The molecule has 5 atom stereocenters. The van der Waals surface area contributed by atoms with Crippen molar-refractivity contribution in [2.45, 2.75) is 37.3 Å². The van der Waals surface area contributed by atoms with Crippen LogP contribution in [0.25, 0.3) is 10.9 Å². The Morgan fingerprint density at radius 2 is 2.14 bits per heavy atom. The number of rotatable bonds is 9. The lowest BCUT2D eigenvalue weighted by atomic mass is 10.1. The van der Waals surface area contributed by atoms with E-state index in [4.69, 9.17) is 14.0 Å². The maximum atomic E-state index is 12.8. The molecule has 0 spiro atoms. The van der Waals surface area contributed by atoms with E-state index in [0.29, 0.717) is 0 Å². The third-order valence-corrected chi connectivity index (χ3v) is 7.46. The number of carbonyl (C=O) groups is 1. The van der Waals surface area contributed by atoms with Crippen LogP contribution in [0.1, 0.15) is 18.2 Å². The summed E-state index contributed by atoms with van der Waals surface area (Å²) in [5.74, 6) is -0.765. The lowest BCUT2D eigenvalue weighted by Gasteiger charge is -2.22. The van der Waals surface area contributed by atoms with Gasteiger partial charge < -0.3 is 24.5 Å². The Morgan fingerprint density at radius 1 is 1.39 bits per heavy atom. The predicted octanol–water partition coefficient (Wildman–Crippen LogP) is 0.920. The molecule has 3 heterocycles. The number of halogens is 1. The zero-order valence-electron chi connectivity index (χ0n) is 18.9. The van der Waals surface area contributed by atoms with Crippen LogP contribution in [0.5, 0.6) is 0 Å². The summed E-state index contributed by atoms with van der Waals surface area (Å²) in [6.45, 7) is -0.515. The number of nitrogens with one attached hydrogen (secondary N) is 3. The second-order valence-electron chi connectivity index (χ2n) is 8.16. The average Bonchev–Trinajstić information content (AvgIpc) is 3.42. The average molecular weight is 587 g/mol. The highest BCUT2D eigenvalue weighted by molar-refractivity contribution is 9.10. The summed E-state index contributed by atoms with van der Waals surface area (Å²) in [5.41, 5.74) is 0.211. The Morgan fingerprint density at radius 3 is 2.89 bits per heavy atom. The molecule has 0 radical (unpaired) electrons. The number of fused-ring (bicyclic) bond motifs is 1. The van der Waals surface area contributed by atoms with E-state index in [0.717, 1.165) is 28.1 Å². The van der Waals surface area contributed by atoms with Gasteiger partial charge >= 0.3 is 19.4 Å². The first-order valence-electron chi connectivity index (χ1n) is 10.8. The van der Waals surface area contributed by atoms with Crippen LogP contribution in [-0.2, 0) is 29.8 Å². The Hall–Kier alpha value is -2.58. The number of hydrogen-bond donors (Lipinski definition) is 5. The van der Waals surface area contributed by atoms with E-state index in [-0.39, 0.29) is 17.3 Å². The smallest absolute Gasteiger partial charge is 0.403 e.